The van der Waals surface area contributed by atoms with E-state index in [1.807, 2.05) is 12.1 Å². The molecule has 3 heterocycles. The highest BCUT2D eigenvalue weighted by Crippen LogP contribution is 2.25. The molecule has 2 fully saturated rings. The molecule has 10 heteroatoms. The van der Waals surface area contributed by atoms with Crippen LogP contribution in [-0.2, 0) is 19.1 Å². The van der Waals surface area contributed by atoms with Gasteiger partial charge in [-0.1, -0.05) is 0 Å². The summed E-state index contributed by atoms with van der Waals surface area (Å²) in [6, 6.07) is 3.83. The Bertz CT molecular complexity index is 663. The molecule has 1 aromatic rings. The fraction of sp³-hybridized carbons (Fsp3) is 0.588. The number of nitrogens with zero attached hydrogens (tertiary/aromatic N) is 2. The molecule has 3 rings (SSSR count). The van der Waals surface area contributed by atoms with Gasteiger partial charge in [-0.3, -0.25) is 14.6 Å². The topological polar surface area (TPSA) is 108 Å². The van der Waals surface area contributed by atoms with Crippen LogP contribution in [-0.4, -0.2) is 76.0 Å². The van der Waals surface area contributed by atoms with Crippen molar-refractivity contribution in [3.8, 4) is 0 Å². The number of carbonyl (C=O) groups is 2. The lowest BCUT2D eigenvalue weighted by Crippen LogP contribution is -2.43. The number of thioether (sulfide) groups is 1. The average molecular weight is 396 g/mol. The van der Waals surface area contributed by atoms with Crippen LogP contribution in [0.3, 0.4) is 0 Å². The maximum absolute atomic E-state index is 12.2. The number of hydrogen-bond donors (Lipinski definition) is 1. The number of carboxylic acids is 1. The third-order valence-electron chi connectivity index (χ3n) is 4.32. The van der Waals surface area contributed by atoms with Gasteiger partial charge in [0.1, 0.15) is 5.69 Å². The monoisotopic (exact) mass is 396 g/mol. The molecule has 2 N–H and O–H groups in total. The van der Waals surface area contributed by atoms with Gasteiger partial charge in [0.15, 0.2) is 0 Å². The number of ether oxygens (including phenoxy) is 2. The Labute approximate surface area is 162 Å². The van der Waals surface area contributed by atoms with Crippen LogP contribution in [0.4, 0.5) is 17.3 Å². The first-order chi connectivity index (χ1) is 13.1. The van der Waals surface area contributed by atoms with E-state index in [1.54, 1.807) is 0 Å². The van der Waals surface area contributed by atoms with Gasteiger partial charge in [-0.25, -0.2) is 4.98 Å². The summed E-state index contributed by atoms with van der Waals surface area (Å²) in [7, 11) is 0. The van der Waals surface area contributed by atoms with Gasteiger partial charge in [0.25, 0.3) is 0 Å². The van der Waals surface area contributed by atoms with E-state index in [1.165, 1.54) is 0 Å². The van der Waals surface area contributed by atoms with Gasteiger partial charge in [-0.05, 0) is 6.07 Å². The number of carboxylic acid groups (broad SMARTS) is 1. The van der Waals surface area contributed by atoms with Gasteiger partial charge in [0.2, 0.25) is 17.5 Å². The third kappa shape index (κ3) is 5.72. The van der Waals surface area contributed by atoms with Crippen molar-refractivity contribution in [3.05, 3.63) is 12.1 Å². The molecule has 27 heavy (non-hydrogen) atoms. The highest BCUT2D eigenvalue weighted by atomic mass is 32.2. The normalized spacial score (nSPS) is 17.6. The summed E-state index contributed by atoms with van der Waals surface area (Å²) in [4.78, 5) is 30.5. The fourth-order valence-electron chi connectivity index (χ4n) is 3.01. The predicted molar refractivity (Wildman–Crippen MR) is 100 cm³/mol. The summed E-state index contributed by atoms with van der Waals surface area (Å²) in [5, 5.41) is 13.4. The molecule has 0 bridgehead atoms. The smallest absolute Gasteiger partial charge is 0.245 e. The number of nitrogens with one attached hydrogen (secondary N) is 2. The Hall–Kier alpha value is -2.04. The van der Waals surface area contributed by atoms with Crippen LogP contribution < -0.4 is 25.2 Å². The number of aromatic nitrogens is 1. The van der Waals surface area contributed by atoms with E-state index in [-0.39, 0.29) is 17.4 Å². The molecule has 9 nitrogen and oxygen atoms in total. The van der Waals surface area contributed by atoms with E-state index in [0.717, 1.165) is 49.6 Å². The number of aromatic amines is 1. The second-order valence-electron chi connectivity index (χ2n) is 6.22. The Morgan fingerprint density at radius 3 is 2.30 bits per heavy atom. The molecule has 0 unspecified atom stereocenters. The minimum absolute atomic E-state index is 0.0573. The number of amides is 1. The summed E-state index contributed by atoms with van der Waals surface area (Å²) < 4.78 is 10.8. The fourth-order valence-corrected chi connectivity index (χ4v) is 3.54. The minimum atomic E-state index is -1.18. The van der Waals surface area contributed by atoms with Gasteiger partial charge in [-0.15, -0.1) is 11.8 Å². The number of hydrogen-bond acceptors (Lipinski definition) is 8. The molecular weight excluding hydrogens is 372 g/mol. The zero-order chi connectivity index (χ0) is 19.1. The van der Waals surface area contributed by atoms with Crippen molar-refractivity contribution in [3.63, 3.8) is 0 Å². The van der Waals surface area contributed by atoms with E-state index < -0.39 is 5.97 Å². The highest BCUT2D eigenvalue weighted by molar-refractivity contribution is 8.00. The Kier molecular flexibility index (Phi) is 7.13. The van der Waals surface area contributed by atoms with E-state index in [9.17, 15) is 14.7 Å². The number of H-pyrrole nitrogens is 1. The second kappa shape index (κ2) is 9.77. The summed E-state index contributed by atoms with van der Waals surface area (Å²) in [5.74, 6) is 0.242. The van der Waals surface area contributed by atoms with E-state index in [0.29, 0.717) is 32.1 Å². The molecule has 0 aliphatic carbocycles. The first-order valence-electron chi connectivity index (χ1n) is 8.92. The van der Waals surface area contributed by atoms with Gasteiger partial charge in [-0.2, -0.15) is 0 Å². The van der Waals surface area contributed by atoms with Crippen molar-refractivity contribution < 1.29 is 29.2 Å². The standard InChI is InChI=1S/C17H24N4O5S/c22-15(11-27-12-16(23)24)18-13-1-2-14(20-3-7-25-8-4-20)19-17(13)21-5-9-26-10-6-21/h1-2H,3-12H2,(H,18,22)(H,23,24). The van der Waals surface area contributed by atoms with E-state index in [2.05, 4.69) is 20.1 Å². The lowest BCUT2D eigenvalue weighted by molar-refractivity contribution is -0.350. The van der Waals surface area contributed by atoms with Gasteiger partial charge < -0.3 is 24.7 Å². The van der Waals surface area contributed by atoms with Crippen LogP contribution >= 0.6 is 11.8 Å². The molecule has 0 radical (unpaired) electrons. The molecule has 2 saturated heterocycles. The zero-order valence-corrected chi connectivity index (χ0v) is 15.9. The molecule has 1 aromatic heterocycles. The Morgan fingerprint density at radius 2 is 1.67 bits per heavy atom. The molecule has 2 aliphatic heterocycles. The molecule has 2 aliphatic rings. The molecule has 0 atom stereocenters. The number of anilines is 3. The van der Waals surface area contributed by atoms with Gasteiger partial charge >= 0.3 is 0 Å². The lowest BCUT2D eigenvalue weighted by atomic mass is 10.3. The SMILES string of the molecule is O=C([O-])CSCC(=O)Nc1ccc(N2CCOCC2)[nH+]c1N1CCOCC1. The summed E-state index contributed by atoms with van der Waals surface area (Å²) >= 11 is 1.02. The van der Waals surface area contributed by atoms with Crippen LogP contribution in [0.1, 0.15) is 0 Å². The van der Waals surface area contributed by atoms with Crippen LogP contribution in [0.15, 0.2) is 12.1 Å². The Morgan fingerprint density at radius 1 is 1.04 bits per heavy atom. The first-order valence-corrected chi connectivity index (χ1v) is 10.1. The quantitative estimate of drug-likeness (QED) is 0.599. The molecule has 1 amide bonds. The molecule has 0 aromatic carbocycles. The predicted octanol–water partition coefficient (Wildman–Crippen LogP) is -1.40. The van der Waals surface area contributed by atoms with Crippen molar-refractivity contribution in [2.45, 2.75) is 0 Å². The third-order valence-corrected chi connectivity index (χ3v) is 5.22. The van der Waals surface area contributed by atoms with Crippen molar-refractivity contribution in [1.82, 2.24) is 0 Å². The molecule has 148 valence electrons. The number of carbonyl (C=O) groups excluding carboxylic acids is 2. The van der Waals surface area contributed by atoms with Crippen molar-refractivity contribution in [1.29, 1.82) is 0 Å². The highest BCUT2D eigenvalue weighted by Gasteiger charge is 2.25. The summed E-state index contributed by atoms with van der Waals surface area (Å²) in [5.41, 5.74) is 0.674. The number of aliphatic carboxylic acids is 1. The van der Waals surface area contributed by atoms with Gasteiger partial charge in [0.05, 0.1) is 64.3 Å². The zero-order valence-electron chi connectivity index (χ0n) is 15.1. The van der Waals surface area contributed by atoms with E-state index >= 15 is 0 Å². The maximum atomic E-state index is 12.2. The van der Waals surface area contributed by atoms with Crippen molar-refractivity contribution >= 4 is 41.0 Å². The average Bonchev–Trinajstić information content (AvgIpc) is 2.69. The largest absolute Gasteiger partial charge is 0.549 e. The summed E-state index contributed by atoms with van der Waals surface area (Å²) in [6.45, 7) is 5.71. The number of rotatable bonds is 7. The molecule has 0 spiro atoms. The van der Waals surface area contributed by atoms with Crippen LogP contribution in [0.25, 0.3) is 0 Å². The molecule has 0 saturated carbocycles. The minimum Gasteiger partial charge on any atom is -0.549 e. The van der Waals surface area contributed by atoms with E-state index in [4.69, 9.17) is 9.47 Å². The number of pyridine rings is 1. The van der Waals surface area contributed by atoms with Crippen LogP contribution in [0.2, 0.25) is 0 Å². The molecular formula is C17H24N4O5S. The van der Waals surface area contributed by atoms with Crippen molar-refractivity contribution in [2.75, 3.05) is 79.2 Å². The maximum Gasteiger partial charge on any atom is 0.245 e. The number of morpholine rings is 2. The summed E-state index contributed by atoms with van der Waals surface area (Å²) in [6.07, 6.45) is 0. The van der Waals surface area contributed by atoms with Gasteiger partial charge in [0, 0.05) is 11.8 Å². The Balaban J connectivity index is 1.74. The lowest BCUT2D eigenvalue weighted by Gasteiger charge is -2.28. The van der Waals surface area contributed by atoms with Crippen LogP contribution in [0, 0.1) is 0 Å². The second-order valence-corrected chi connectivity index (χ2v) is 7.20. The van der Waals surface area contributed by atoms with Crippen molar-refractivity contribution in [2.24, 2.45) is 0 Å². The van der Waals surface area contributed by atoms with Crippen LogP contribution in [0.5, 0.6) is 0 Å². The first kappa shape index (κ1) is 19.7.